The number of carbonyl (C=O) groups excluding carboxylic acids is 1. The molecule has 0 radical (unpaired) electrons. The summed E-state index contributed by atoms with van der Waals surface area (Å²) in [6, 6.07) is 7.57. The number of benzene rings is 1. The van der Waals surface area contributed by atoms with E-state index in [1.165, 1.54) is 5.06 Å². The first-order chi connectivity index (χ1) is 8.18. The minimum Gasteiger partial charge on any atom is -0.378 e. The molecule has 0 spiro atoms. The SMILES string of the molecule is CN(C)c1ccc(C(=O)N2CCCCO2)cc1. The Bertz CT molecular complexity index is 381. The molecule has 0 N–H and O–H groups in total. The minimum absolute atomic E-state index is 0.0463. The summed E-state index contributed by atoms with van der Waals surface area (Å²) < 4.78 is 0. The van der Waals surface area contributed by atoms with Gasteiger partial charge in [-0.15, -0.1) is 0 Å². The van der Waals surface area contributed by atoms with E-state index >= 15 is 0 Å². The van der Waals surface area contributed by atoms with Crippen LogP contribution in [0.2, 0.25) is 0 Å². The molecule has 0 bridgehead atoms. The largest absolute Gasteiger partial charge is 0.378 e. The fourth-order valence-corrected chi connectivity index (χ4v) is 1.80. The third kappa shape index (κ3) is 2.77. The van der Waals surface area contributed by atoms with Crippen molar-refractivity contribution in [2.75, 3.05) is 32.1 Å². The van der Waals surface area contributed by atoms with E-state index in [0.717, 1.165) is 18.5 Å². The zero-order chi connectivity index (χ0) is 12.3. The number of hydroxylamine groups is 2. The molecule has 1 aliphatic rings. The molecular weight excluding hydrogens is 216 g/mol. The van der Waals surface area contributed by atoms with E-state index in [2.05, 4.69) is 0 Å². The van der Waals surface area contributed by atoms with Crippen molar-refractivity contribution in [2.24, 2.45) is 0 Å². The van der Waals surface area contributed by atoms with Crippen LogP contribution in [-0.2, 0) is 4.84 Å². The third-order valence-electron chi connectivity index (χ3n) is 2.86. The molecule has 0 aromatic heterocycles. The third-order valence-corrected chi connectivity index (χ3v) is 2.86. The van der Waals surface area contributed by atoms with Crippen LogP contribution in [0, 0.1) is 0 Å². The summed E-state index contributed by atoms with van der Waals surface area (Å²) >= 11 is 0. The van der Waals surface area contributed by atoms with Crippen LogP contribution < -0.4 is 4.90 Å². The van der Waals surface area contributed by atoms with Crippen molar-refractivity contribution in [3.05, 3.63) is 29.8 Å². The van der Waals surface area contributed by atoms with Gasteiger partial charge in [0.15, 0.2) is 0 Å². The highest BCUT2D eigenvalue weighted by Crippen LogP contribution is 2.15. The number of hydrogen-bond acceptors (Lipinski definition) is 3. The minimum atomic E-state index is -0.0463. The summed E-state index contributed by atoms with van der Waals surface area (Å²) in [7, 11) is 3.95. The molecule has 2 rings (SSSR count). The molecule has 0 unspecified atom stereocenters. The Labute approximate surface area is 102 Å². The lowest BCUT2D eigenvalue weighted by atomic mass is 10.1. The van der Waals surface area contributed by atoms with Gasteiger partial charge in [0.05, 0.1) is 6.61 Å². The van der Waals surface area contributed by atoms with E-state index in [4.69, 9.17) is 4.84 Å². The van der Waals surface area contributed by atoms with Crippen molar-refractivity contribution in [2.45, 2.75) is 12.8 Å². The van der Waals surface area contributed by atoms with Gasteiger partial charge in [-0.2, -0.15) is 0 Å². The van der Waals surface area contributed by atoms with Crippen LogP contribution in [0.1, 0.15) is 23.2 Å². The van der Waals surface area contributed by atoms with Gasteiger partial charge in [0.2, 0.25) is 0 Å². The quantitative estimate of drug-likeness (QED) is 0.783. The zero-order valence-electron chi connectivity index (χ0n) is 10.3. The number of anilines is 1. The highest BCUT2D eigenvalue weighted by atomic mass is 16.7. The van der Waals surface area contributed by atoms with Crippen molar-refractivity contribution in [3.8, 4) is 0 Å². The monoisotopic (exact) mass is 234 g/mol. The fraction of sp³-hybridized carbons (Fsp3) is 0.462. The van der Waals surface area contributed by atoms with Crippen molar-refractivity contribution in [3.63, 3.8) is 0 Å². The molecule has 4 heteroatoms. The van der Waals surface area contributed by atoms with E-state index in [9.17, 15) is 4.79 Å². The van der Waals surface area contributed by atoms with Gasteiger partial charge < -0.3 is 4.90 Å². The van der Waals surface area contributed by atoms with Gasteiger partial charge in [-0.25, -0.2) is 5.06 Å². The Kier molecular flexibility index (Phi) is 3.64. The molecule has 0 aliphatic carbocycles. The Morgan fingerprint density at radius 2 is 1.94 bits per heavy atom. The van der Waals surface area contributed by atoms with Gasteiger partial charge in [-0.05, 0) is 37.1 Å². The molecule has 1 fully saturated rings. The summed E-state index contributed by atoms with van der Waals surface area (Å²) in [5.41, 5.74) is 1.76. The van der Waals surface area contributed by atoms with Gasteiger partial charge >= 0.3 is 0 Å². The summed E-state index contributed by atoms with van der Waals surface area (Å²) in [6.45, 7) is 1.33. The topological polar surface area (TPSA) is 32.8 Å². The van der Waals surface area contributed by atoms with Crippen LogP contribution in [0.4, 0.5) is 5.69 Å². The van der Waals surface area contributed by atoms with Gasteiger partial charge in [0.25, 0.3) is 5.91 Å². The van der Waals surface area contributed by atoms with E-state index < -0.39 is 0 Å². The second-order valence-corrected chi connectivity index (χ2v) is 4.39. The number of amides is 1. The lowest BCUT2D eigenvalue weighted by molar-refractivity contribution is -0.144. The van der Waals surface area contributed by atoms with Crippen LogP contribution in [0.25, 0.3) is 0 Å². The Morgan fingerprint density at radius 1 is 1.24 bits per heavy atom. The van der Waals surface area contributed by atoms with Gasteiger partial charge in [0.1, 0.15) is 0 Å². The number of nitrogens with zero attached hydrogens (tertiary/aromatic N) is 2. The van der Waals surface area contributed by atoms with Crippen LogP contribution in [0.15, 0.2) is 24.3 Å². The number of carbonyl (C=O) groups is 1. The van der Waals surface area contributed by atoms with Crippen molar-refractivity contribution >= 4 is 11.6 Å². The molecule has 1 aromatic carbocycles. The van der Waals surface area contributed by atoms with Crippen molar-refractivity contribution in [1.82, 2.24) is 5.06 Å². The summed E-state index contributed by atoms with van der Waals surface area (Å²) in [4.78, 5) is 19.4. The van der Waals surface area contributed by atoms with E-state index in [-0.39, 0.29) is 5.91 Å². The maximum atomic E-state index is 12.1. The van der Waals surface area contributed by atoms with Gasteiger partial charge in [0, 0.05) is 31.9 Å². The van der Waals surface area contributed by atoms with E-state index in [1.807, 2.05) is 43.3 Å². The summed E-state index contributed by atoms with van der Waals surface area (Å²) in [6.07, 6.45) is 2.05. The molecule has 1 aromatic rings. The molecule has 1 aliphatic heterocycles. The van der Waals surface area contributed by atoms with E-state index in [1.54, 1.807) is 0 Å². The molecular formula is C13H18N2O2. The highest BCUT2D eigenvalue weighted by molar-refractivity contribution is 5.93. The Balaban J connectivity index is 2.08. The molecule has 0 atom stereocenters. The molecule has 0 saturated carbocycles. The predicted molar refractivity (Wildman–Crippen MR) is 67.0 cm³/mol. The maximum Gasteiger partial charge on any atom is 0.277 e. The second kappa shape index (κ2) is 5.19. The van der Waals surface area contributed by atoms with Crippen molar-refractivity contribution < 1.29 is 9.63 Å². The normalized spacial score (nSPS) is 15.8. The van der Waals surface area contributed by atoms with Crippen molar-refractivity contribution in [1.29, 1.82) is 0 Å². The molecule has 1 heterocycles. The predicted octanol–water partition coefficient (Wildman–Crippen LogP) is 1.92. The zero-order valence-corrected chi connectivity index (χ0v) is 10.3. The second-order valence-electron chi connectivity index (χ2n) is 4.39. The fourth-order valence-electron chi connectivity index (χ4n) is 1.80. The summed E-state index contributed by atoms with van der Waals surface area (Å²) in [5, 5.41) is 1.47. The Morgan fingerprint density at radius 3 is 2.47 bits per heavy atom. The van der Waals surface area contributed by atoms with Crippen LogP contribution in [0.3, 0.4) is 0 Å². The lowest BCUT2D eigenvalue weighted by Gasteiger charge is -2.26. The highest BCUT2D eigenvalue weighted by Gasteiger charge is 2.19. The average molecular weight is 234 g/mol. The molecule has 92 valence electrons. The van der Waals surface area contributed by atoms with E-state index in [0.29, 0.717) is 18.7 Å². The standard InChI is InChI=1S/C13H18N2O2/c1-14(2)12-7-5-11(6-8-12)13(16)15-9-3-4-10-17-15/h5-8H,3-4,9-10H2,1-2H3. The number of rotatable bonds is 2. The first-order valence-electron chi connectivity index (χ1n) is 5.90. The maximum absolute atomic E-state index is 12.1. The number of hydrogen-bond donors (Lipinski definition) is 0. The molecule has 17 heavy (non-hydrogen) atoms. The van der Waals surface area contributed by atoms with Gasteiger partial charge in [-0.3, -0.25) is 9.63 Å². The van der Waals surface area contributed by atoms with Crippen LogP contribution in [0.5, 0.6) is 0 Å². The van der Waals surface area contributed by atoms with Crippen LogP contribution in [-0.4, -0.2) is 38.2 Å². The van der Waals surface area contributed by atoms with Gasteiger partial charge in [-0.1, -0.05) is 0 Å². The first-order valence-corrected chi connectivity index (χ1v) is 5.90. The Hall–Kier alpha value is -1.55. The average Bonchev–Trinajstić information content (AvgIpc) is 2.39. The molecule has 1 amide bonds. The molecule has 4 nitrogen and oxygen atoms in total. The lowest BCUT2D eigenvalue weighted by Crippen LogP contribution is -2.35. The first kappa shape index (κ1) is 11.9. The smallest absolute Gasteiger partial charge is 0.277 e. The van der Waals surface area contributed by atoms with Crippen LogP contribution >= 0.6 is 0 Å². The molecule has 1 saturated heterocycles. The summed E-state index contributed by atoms with van der Waals surface area (Å²) in [5.74, 6) is -0.0463.